The van der Waals surface area contributed by atoms with Gasteiger partial charge in [-0.25, -0.2) is 4.39 Å². The zero-order valence-electron chi connectivity index (χ0n) is 9.54. The summed E-state index contributed by atoms with van der Waals surface area (Å²) in [6, 6.07) is 4.47. The molecule has 1 aliphatic heterocycles. The van der Waals surface area contributed by atoms with Gasteiger partial charge in [-0.05, 0) is 18.2 Å². The lowest BCUT2D eigenvalue weighted by atomic mass is 10.1. The highest BCUT2D eigenvalue weighted by Crippen LogP contribution is 2.18. The molecule has 0 saturated carbocycles. The average Bonchev–Trinajstić information content (AvgIpc) is 2.38. The van der Waals surface area contributed by atoms with Crippen LogP contribution >= 0.6 is 31.9 Å². The number of ether oxygens (including phenoxy) is 1. The summed E-state index contributed by atoms with van der Waals surface area (Å²) in [7, 11) is 0. The van der Waals surface area contributed by atoms with Gasteiger partial charge in [-0.3, -0.25) is 4.79 Å². The summed E-state index contributed by atoms with van der Waals surface area (Å²) >= 11 is 6.50. The lowest BCUT2D eigenvalue weighted by Crippen LogP contribution is -2.46. The molecule has 0 aliphatic carbocycles. The van der Waals surface area contributed by atoms with Gasteiger partial charge in [0.15, 0.2) is 0 Å². The zero-order chi connectivity index (χ0) is 13.1. The molecular weight excluding hydrogens is 369 g/mol. The van der Waals surface area contributed by atoms with E-state index in [9.17, 15) is 9.18 Å². The van der Waals surface area contributed by atoms with Crippen molar-refractivity contribution >= 4 is 37.8 Å². The van der Waals surface area contributed by atoms with Crippen LogP contribution in [0.1, 0.15) is 10.4 Å². The Morgan fingerprint density at radius 3 is 3.00 bits per heavy atom. The number of halogens is 3. The maximum absolute atomic E-state index is 13.7. The molecule has 1 aromatic rings. The van der Waals surface area contributed by atoms with E-state index in [1.54, 1.807) is 11.0 Å². The predicted molar refractivity (Wildman–Crippen MR) is 73.5 cm³/mol. The summed E-state index contributed by atoms with van der Waals surface area (Å²) in [6.45, 7) is 1.47. The number of amides is 1. The number of hydrogen-bond acceptors (Lipinski definition) is 2. The smallest absolute Gasteiger partial charge is 0.256 e. The van der Waals surface area contributed by atoms with E-state index in [-0.39, 0.29) is 17.6 Å². The molecule has 0 bridgehead atoms. The number of alkyl halides is 1. The van der Waals surface area contributed by atoms with Gasteiger partial charge in [0.2, 0.25) is 0 Å². The molecule has 98 valence electrons. The molecule has 0 radical (unpaired) electrons. The molecule has 1 saturated heterocycles. The number of carbonyl (C=O) groups is 1. The van der Waals surface area contributed by atoms with Crippen LogP contribution in [0.25, 0.3) is 0 Å². The SMILES string of the molecule is O=C(c1ccc(Br)cc1F)N1CCOC(CBr)C1. The lowest BCUT2D eigenvalue weighted by molar-refractivity contribution is -0.00982. The van der Waals surface area contributed by atoms with Crippen LogP contribution in [0, 0.1) is 5.82 Å². The lowest BCUT2D eigenvalue weighted by Gasteiger charge is -2.32. The Kier molecular flexibility index (Phi) is 4.75. The fourth-order valence-corrected chi connectivity index (χ4v) is 2.56. The number of nitrogens with zero attached hydrogens (tertiary/aromatic N) is 1. The summed E-state index contributed by atoms with van der Waals surface area (Å²) in [5.41, 5.74) is 0.105. The largest absolute Gasteiger partial charge is 0.374 e. The van der Waals surface area contributed by atoms with Crippen LogP contribution in [0.2, 0.25) is 0 Å². The van der Waals surface area contributed by atoms with Crippen LogP contribution in [-0.2, 0) is 4.74 Å². The van der Waals surface area contributed by atoms with Gasteiger partial charge in [0.1, 0.15) is 5.82 Å². The van der Waals surface area contributed by atoms with E-state index >= 15 is 0 Å². The van der Waals surface area contributed by atoms with Gasteiger partial charge >= 0.3 is 0 Å². The van der Waals surface area contributed by atoms with Crippen LogP contribution in [0.15, 0.2) is 22.7 Å². The molecule has 1 aliphatic rings. The Bertz CT molecular complexity index is 456. The first-order valence-electron chi connectivity index (χ1n) is 5.53. The summed E-state index contributed by atoms with van der Waals surface area (Å²) < 4.78 is 19.8. The Morgan fingerprint density at radius 2 is 2.33 bits per heavy atom. The van der Waals surface area contributed by atoms with Gasteiger partial charge in [0.05, 0.1) is 18.3 Å². The van der Waals surface area contributed by atoms with Crippen molar-refractivity contribution in [3.05, 3.63) is 34.1 Å². The number of benzene rings is 1. The second-order valence-electron chi connectivity index (χ2n) is 4.02. The van der Waals surface area contributed by atoms with E-state index in [0.29, 0.717) is 29.5 Å². The third-order valence-corrected chi connectivity index (χ3v) is 3.98. The Labute approximate surface area is 122 Å². The second kappa shape index (κ2) is 6.12. The summed E-state index contributed by atoms with van der Waals surface area (Å²) in [5.74, 6) is -0.787. The van der Waals surface area contributed by atoms with Crippen molar-refractivity contribution in [2.45, 2.75) is 6.10 Å². The molecule has 2 rings (SSSR count). The molecule has 1 atom stereocenters. The van der Waals surface area contributed by atoms with Crippen LogP contribution in [0.5, 0.6) is 0 Å². The number of morpholine rings is 1. The average molecular weight is 381 g/mol. The molecular formula is C12H12Br2FNO2. The van der Waals surface area contributed by atoms with Crippen molar-refractivity contribution in [2.24, 2.45) is 0 Å². The first kappa shape index (κ1) is 14.0. The van der Waals surface area contributed by atoms with Crippen molar-refractivity contribution in [2.75, 3.05) is 25.0 Å². The number of hydrogen-bond donors (Lipinski definition) is 0. The van der Waals surface area contributed by atoms with E-state index in [1.807, 2.05) is 0 Å². The number of rotatable bonds is 2. The quantitative estimate of drug-likeness (QED) is 0.738. The van der Waals surface area contributed by atoms with Crippen molar-refractivity contribution in [3.8, 4) is 0 Å². The van der Waals surface area contributed by atoms with Crippen LogP contribution in [0.4, 0.5) is 4.39 Å². The van der Waals surface area contributed by atoms with E-state index < -0.39 is 5.82 Å². The summed E-state index contributed by atoms with van der Waals surface area (Å²) in [6.07, 6.45) is -0.0267. The molecule has 1 fully saturated rings. The maximum Gasteiger partial charge on any atom is 0.256 e. The Morgan fingerprint density at radius 1 is 1.56 bits per heavy atom. The van der Waals surface area contributed by atoms with Gasteiger partial charge in [0.25, 0.3) is 5.91 Å². The van der Waals surface area contributed by atoms with Crippen molar-refractivity contribution < 1.29 is 13.9 Å². The van der Waals surface area contributed by atoms with Crippen molar-refractivity contribution in [1.82, 2.24) is 4.90 Å². The van der Waals surface area contributed by atoms with Crippen LogP contribution in [-0.4, -0.2) is 41.9 Å². The van der Waals surface area contributed by atoms with E-state index in [2.05, 4.69) is 31.9 Å². The summed E-state index contributed by atoms with van der Waals surface area (Å²) in [4.78, 5) is 13.8. The van der Waals surface area contributed by atoms with Crippen molar-refractivity contribution in [1.29, 1.82) is 0 Å². The maximum atomic E-state index is 13.7. The molecule has 1 heterocycles. The first-order chi connectivity index (χ1) is 8.61. The summed E-state index contributed by atoms with van der Waals surface area (Å²) in [5, 5.41) is 0.666. The minimum Gasteiger partial charge on any atom is -0.374 e. The molecule has 0 aromatic heterocycles. The highest BCUT2D eigenvalue weighted by Gasteiger charge is 2.25. The third-order valence-electron chi connectivity index (χ3n) is 2.76. The fraction of sp³-hybridized carbons (Fsp3) is 0.417. The molecule has 6 heteroatoms. The van der Waals surface area contributed by atoms with Crippen LogP contribution < -0.4 is 0 Å². The van der Waals surface area contributed by atoms with E-state index in [0.717, 1.165) is 0 Å². The van der Waals surface area contributed by atoms with Gasteiger partial charge in [-0.1, -0.05) is 31.9 Å². The highest BCUT2D eigenvalue weighted by molar-refractivity contribution is 9.10. The van der Waals surface area contributed by atoms with Gasteiger partial charge in [-0.2, -0.15) is 0 Å². The van der Waals surface area contributed by atoms with Crippen LogP contribution in [0.3, 0.4) is 0 Å². The minimum absolute atomic E-state index is 0.0267. The topological polar surface area (TPSA) is 29.5 Å². The molecule has 1 unspecified atom stereocenters. The Balaban J connectivity index is 2.15. The monoisotopic (exact) mass is 379 g/mol. The zero-order valence-corrected chi connectivity index (χ0v) is 12.7. The molecule has 0 N–H and O–H groups in total. The molecule has 18 heavy (non-hydrogen) atoms. The Hall–Kier alpha value is -0.460. The normalized spacial score (nSPS) is 19.9. The third kappa shape index (κ3) is 3.10. The molecule has 0 spiro atoms. The fourth-order valence-electron chi connectivity index (χ4n) is 1.83. The second-order valence-corrected chi connectivity index (χ2v) is 5.59. The van der Waals surface area contributed by atoms with Gasteiger partial charge in [0, 0.05) is 22.9 Å². The number of carbonyl (C=O) groups excluding carboxylic acids is 1. The molecule has 1 amide bonds. The first-order valence-corrected chi connectivity index (χ1v) is 7.45. The molecule has 1 aromatic carbocycles. The van der Waals surface area contributed by atoms with E-state index in [4.69, 9.17) is 4.74 Å². The minimum atomic E-state index is -0.503. The van der Waals surface area contributed by atoms with Gasteiger partial charge < -0.3 is 9.64 Å². The van der Waals surface area contributed by atoms with Gasteiger partial charge in [-0.15, -0.1) is 0 Å². The predicted octanol–water partition coefficient (Wildman–Crippen LogP) is 2.82. The standard InChI is InChI=1S/C12H12Br2FNO2/c13-6-9-7-16(3-4-18-9)12(17)10-2-1-8(14)5-11(10)15/h1-2,5,9H,3-4,6-7H2. The van der Waals surface area contributed by atoms with Crippen molar-refractivity contribution in [3.63, 3.8) is 0 Å². The molecule has 3 nitrogen and oxygen atoms in total. The highest BCUT2D eigenvalue weighted by atomic mass is 79.9. The van der Waals surface area contributed by atoms with E-state index in [1.165, 1.54) is 12.1 Å².